The van der Waals surface area contributed by atoms with Gasteiger partial charge in [-0.2, -0.15) is 5.10 Å². The van der Waals surface area contributed by atoms with Gasteiger partial charge in [0.05, 0.1) is 31.3 Å². The van der Waals surface area contributed by atoms with Crippen LogP contribution in [0.2, 0.25) is 0 Å². The smallest absolute Gasteiger partial charge is 0.258 e. The fraction of sp³-hybridized carbons (Fsp3) is 0.455. The van der Waals surface area contributed by atoms with Crippen molar-refractivity contribution < 1.29 is 19.0 Å². The van der Waals surface area contributed by atoms with E-state index in [4.69, 9.17) is 14.2 Å². The SMILES string of the molecule is CCOCCNc1nc(SC)nc2c1cnn2CCNC(=O)COc1ccc(OCC)cc1. The minimum atomic E-state index is -0.210. The Balaban J connectivity index is 1.52. The van der Waals surface area contributed by atoms with Crippen molar-refractivity contribution in [1.82, 2.24) is 25.1 Å². The number of aromatic nitrogens is 4. The molecule has 0 fully saturated rings. The maximum atomic E-state index is 12.2. The molecule has 0 aliphatic carbocycles. The van der Waals surface area contributed by atoms with Gasteiger partial charge in [-0.25, -0.2) is 14.6 Å². The number of hydrogen-bond acceptors (Lipinski definition) is 9. The van der Waals surface area contributed by atoms with E-state index < -0.39 is 0 Å². The van der Waals surface area contributed by atoms with Crippen molar-refractivity contribution in [2.75, 3.05) is 51.1 Å². The van der Waals surface area contributed by atoms with E-state index in [1.165, 1.54) is 11.8 Å². The lowest BCUT2D eigenvalue weighted by Gasteiger charge is -2.10. The summed E-state index contributed by atoms with van der Waals surface area (Å²) in [5.74, 6) is 1.89. The summed E-state index contributed by atoms with van der Waals surface area (Å²) in [6.07, 6.45) is 3.66. The monoisotopic (exact) mass is 474 g/mol. The average molecular weight is 475 g/mol. The molecule has 3 aromatic rings. The second kappa shape index (κ2) is 12.9. The van der Waals surface area contributed by atoms with Gasteiger partial charge < -0.3 is 24.8 Å². The minimum absolute atomic E-state index is 0.0689. The lowest BCUT2D eigenvalue weighted by atomic mass is 10.3. The van der Waals surface area contributed by atoms with Crippen LogP contribution >= 0.6 is 11.8 Å². The highest BCUT2D eigenvalue weighted by molar-refractivity contribution is 7.98. The van der Waals surface area contributed by atoms with Crippen molar-refractivity contribution in [3.8, 4) is 11.5 Å². The molecule has 10 nitrogen and oxygen atoms in total. The first-order valence-electron chi connectivity index (χ1n) is 10.9. The Hall–Kier alpha value is -3.05. The summed E-state index contributed by atoms with van der Waals surface area (Å²) in [5, 5.41) is 12.0. The number of anilines is 1. The van der Waals surface area contributed by atoms with Crippen LogP contribution in [0, 0.1) is 0 Å². The fourth-order valence-electron chi connectivity index (χ4n) is 3.01. The highest BCUT2D eigenvalue weighted by atomic mass is 32.2. The van der Waals surface area contributed by atoms with Gasteiger partial charge in [0.25, 0.3) is 5.91 Å². The van der Waals surface area contributed by atoms with Gasteiger partial charge in [-0.05, 0) is 44.4 Å². The molecule has 0 saturated carbocycles. The molecular formula is C22H30N6O4S. The number of carbonyl (C=O) groups excluding carboxylic acids is 1. The van der Waals surface area contributed by atoms with Crippen molar-refractivity contribution in [3.63, 3.8) is 0 Å². The van der Waals surface area contributed by atoms with Crippen LogP contribution in [-0.4, -0.2) is 71.4 Å². The molecule has 2 N–H and O–H groups in total. The summed E-state index contributed by atoms with van der Waals surface area (Å²) in [6, 6.07) is 7.17. The summed E-state index contributed by atoms with van der Waals surface area (Å²) < 4.78 is 18.1. The molecule has 2 heterocycles. The molecule has 0 radical (unpaired) electrons. The molecule has 0 unspecified atom stereocenters. The zero-order chi connectivity index (χ0) is 23.5. The number of ether oxygens (including phenoxy) is 3. The quantitative estimate of drug-likeness (QED) is 0.207. The van der Waals surface area contributed by atoms with Gasteiger partial charge in [0, 0.05) is 19.7 Å². The van der Waals surface area contributed by atoms with E-state index in [-0.39, 0.29) is 12.5 Å². The van der Waals surface area contributed by atoms with Crippen LogP contribution in [0.5, 0.6) is 11.5 Å². The molecule has 11 heteroatoms. The van der Waals surface area contributed by atoms with Crippen molar-refractivity contribution >= 4 is 34.5 Å². The van der Waals surface area contributed by atoms with Crippen LogP contribution in [0.3, 0.4) is 0 Å². The molecule has 178 valence electrons. The maximum absolute atomic E-state index is 12.2. The Morgan fingerprint density at radius 3 is 2.52 bits per heavy atom. The number of hydrogen-bond donors (Lipinski definition) is 2. The molecule has 0 saturated heterocycles. The van der Waals surface area contributed by atoms with Gasteiger partial charge in [-0.15, -0.1) is 0 Å². The van der Waals surface area contributed by atoms with Crippen LogP contribution in [0.1, 0.15) is 13.8 Å². The first-order valence-corrected chi connectivity index (χ1v) is 12.1. The standard InChI is InChI=1S/C22H30N6O4S/c1-4-30-13-11-24-20-18-14-25-28(21(18)27-22(26-20)33-3)12-10-23-19(29)15-32-17-8-6-16(7-9-17)31-5-2/h6-9,14H,4-5,10-13,15H2,1-3H3,(H,23,29)(H,24,26,27). The number of fused-ring (bicyclic) bond motifs is 1. The Bertz CT molecular complexity index is 1030. The highest BCUT2D eigenvalue weighted by Gasteiger charge is 2.13. The van der Waals surface area contributed by atoms with E-state index in [9.17, 15) is 4.79 Å². The number of nitrogens with one attached hydrogen (secondary N) is 2. The first kappa shape index (κ1) is 24.6. The molecule has 0 aliphatic rings. The largest absolute Gasteiger partial charge is 0.494 e. The zero-order valence-electron chi connectivity index (χ0n) is 19.2. The molecule has 0 bridgehead atoms. The van der Waals surface area contributed by atoms with Crippen molar-refractivity contribution in [2.24, 2.45) is 0 Å². The van der Waals surface area contributed by atoms with E-state index in [1.54, 1.807) is 23.0 Å². The molecule has 0 spiro atoms. The second-order valence-electron chi connectivity index (χ2n) is 6.83. The lowest BCUT2D eigenvalue weighted by Crippen LogP contribution is -2.31. The average Bonchev–Trinajstić information content (AvgIpc) is 3.24. The number of nitrogens with zero attached hydrogens (tertiary/aromatic N) is 4. The summed E-state index contributed by atoms with van der Waals surface area (Å²) in [7, 11) is 0. The summed E-state index contributed by atoms with van der Waals surface area (Å²) >= 11 is 1.46. The van der Waals surface area contributed by atoms with Gasteiger partial charge in [0.1, 0.15) is 17.3 Å². The lowest BCUT2D eigenvalue weighted by molar-refractivity contribution is -0.123. The topological polar surface area (TPSA) is 112 Å². The third-order valence-corrected chi connectivity index (χ3v) is 5.10. The third-order valence-electron chi connectivity index (χ3n) is 4.55. The van der Waals surface area contributed by atoms with E-state index in [2.05, 4.69) is 25.7 Å². The number of thioether (sulfide) groups is 1. The number of rotatable bonds is 14. The Labute approximate surface area is 197 Å². The van der Waals surface area contributed by atoms with Gasteiger partial charge in [-0.1, -0.05) is 11.8 Å². The highest BCUT2D eigenvalue weighted by Crippen LogP contribution is 2.23. The van der Waals surface area contributed by atoms with Gasteiger partial charge in [-0.3, -0.25) is 4.79 Å². The summed E-state index contributed by atoms with van der Waals surface area (Å²) in [5.41, 5.74) is 0.716. The van der Waals surface area contributed by atoms with Crippen molar-refractivity contribution in [1.29, 1.82) is 0 Å². The van der Waals surface area contributed by atoms with Crippen LogP contribution in [-0.2, 0) is 16.1 Å². The van der Waals surface area contributed by atoms with E-state index in [1.807, 2.05) is 32.2 Å². The normalized spacial score (nSPS) is 10.9. The van der Waals surface area contributed by atoms with Gasteiger partial charge in [0.15, 0.2) is 17.4 Å². The van der Waals surface area contributed by atoms with Crippen LogP contribution in [0.15, 0.2) is 35.6 Å². The Kier molecular flexibility index (Phi) is 9.58. The Morgan fingerprint density at radius 2 is 1.82 bits per heavy atom. The van der Waals surface area contributed by atoms with Gasteiger partial charge in [0.2, 0.25) is 0 Å². The molecule has 3 rings (SSSR count). The van der Waals surface area contributed by atoms with E-state index in [0.717, 1.165) is 17.0 Å². The van der Waals surface area contributed by atoms with Crippen molar-refractivity contribution in [3.05, 3.63) is 30.5 Å². The second-order valence-corrected chi connectivity index (χ2v) is 7.60. The zero-order valence-corrected chi connectivity index (χ0v) is 20.0. The third kappa shape index (κ3) is 7.22. The molecule has 33 heavy (non-hydrogen) atoms. The van der Waals surface area contributed by atoms with E-state index in [0.29, 0.717) is 56.0 Å². The van der Waals surface area contributed by atoms with E-state index >= 15 is 0 Å². The van der Waals surface area contributed by atoms with Crippen LogP contribution < -0.4 is 20.1 Å². The molecular weight excluding hydrogens is 444 g/mol. The summed E-state index contributed by atoms with van der Waals surface area (Å²) in [6.45, 7) is 7.20. The summed E-state index contributed by atoms with van der Waals surface area (Å²) in [4.78, 5) is 21.3. The number of amides is 1. The number of benzene rings is 1. The fourth-order valence-corrected chi connectivity index (χ4v) is 3.37. The molecule has 0 aliphatic heterocycles. The van der Waals surface area contributed by atoms with Crippen LogP contribution in [0.4, 0.5) is 5.82 Å². The van der Waals surface area contributed by atoms with Gasteiger partial charge >= 0.3 is 0 Å². The van der Waals surface area contributed by atoms with Crippen LogP contribution in [0.25, 0.3) is 11.0 Å². The predicted molar refractivity (Wildman–Crippen MR) is 128 cm³/mol. The molecule has 2 aromatic heterocycles. The first-order chi connectivity index (χ1) is 16.1. The minimum Gasteiger partial charge on any atom is -0.494 e. The predicted octanol–water partition coefficient (Wildman–Crippen LogP) is 2.59. The Morgan fingerprint density at radius 1 is 1.06 bits per heavy atom. The molecule has 1 aromatic carbocycles. The molecule has 1 amide bonds. The number of carbonyl (C=O) groups is 1. The maximum Gasteiger partial charge on any atom is 0.258 e. The molecule has 0 atom stereocenters. The van der Waals surface area contributed by atoms with Crippen molar-refractivity contribution in [2.45, 2.75) is 25.5 Å².